The lowest BCUT2D eigenvalue weighted by Gasteiger charge is -2.12. The highest BCUT2D eigenvalue weighted by molar-refractivity contribution is 5.87. The Morgan fingerprint density at radius 2 is 2.00 bits per heavy atom. The summed E-state index contributed by atoms with van der Waals surface area (Å²) in [6.45, 7) is 2.06. The van der Waals surface area contributed by atoms with Gasteiger partial charge in [-0.25, -0.2) is 8.78 Å². The van der Waals surface area contributed by atoms with E-state index in [9.17, 15) is 8.78 Å². The molecule has 2 aromatic carbocycles. The molecule has 0 aromatic heterocycles. The third-order valence-electron chi connectivity index (χ3n) is 3.81. The van der Waals surface area contributed by atoms with Crippen LogP contribution in [0.2, 0.25) is 0 Å². The minimum Gasteiger partial charge on any atom is -0.205 e. The van der Waals surface area contributed by atoms with E-state index in [0.717, 1.165) is 41.2 Å². The van der Waals surface area contributed by atoms with Crippen LogP contribution >= 0.6 is 0 Å². The molecule has 1 fully saturated rings. The summed E-state index contributed by atoms with van der Waals surface area (Å²) in [7, 11) is 0. The highest BCUT2D eigenvalue weighted by Gasteiger charge is 2.29. The Bertz CT molecular complexity index is 583. The molecular formula is C16H16F2. The standard InChI is InChI=1S/C16H16F2/c1-2-10-4-3-5-12-8-14(11-6-7-11)15(16(17)18)9-13(10)12/h3-5,8-9,11,16H,2,6-7H2,1H3. The maximum Gasteiger partial charge on any atom is 0.264 e. The summed E-state index contributed by atoms with van der Waals surface area (Å²) < 4.78 is 26.4. The fourth-order valence-electron chi connectivity index (χ4n) is 2.67. The van der Waals surface area contributed by atoms with Gasteiger partial charge in [0.25, 0.3) is 6.43 Å². The summed E-state index contributed by atoms with van der Waals surface area (Å²) in [5, 5.41) is 2.08. The van der Waals surface area contributed by atoms with Gasteiger partial charge in [0.1, 0.15) is 0 Å². The van der Waals surface area contributed by atoms with Gasteiger partial charge in [-0.3, -0.25) is 0 Å². The van der Waals surface area contributed by atoms with Crippen molar-refractivity contribution in [1.29, 1.82) is 0 Å². The number of alkyl halides is 2. The Morgan fingerprint density at radius 3 is 2.61 bits per heavy atom. The van der Waals surface area contributed by atoms with Gasteiger partial charge in [0.15, 0.2) is 0 Å². The van der Waals surface area contributed by atoms with E-state index in [1.54, 1.807) is 6.07 Å². The van der Waals surface area contributed by atoms with E-state index >= 15 is 0 Å². The van der Waals surface area contributed by atoms with Crippen molar-refractivity contribution in [1.82, 2.24) is 0 Å². The Hall–Kier alpha value is -1.44. The van der Waals surface area contributed by atoms with Crippen molar-refractivity contribution < 1.29 is 8.78 Å². The lowest BCUT2D eigenvalue weighted by Crippen LogP contribution is -1.95. The third kappa shape index (κ3) is 1.90. The van der Waals surface area contributed by atoms with Gasteiger partial charge >= 0.3 is 0 Å². The maximum atomic E-state index is 13.2. The van der Waals surface area contributed by atoms with Crippen LogP contribution in [-0.2, 0) is 6.42 Å². The smallest absolute Gasteiger partial charge is 0.205 e. The molecule has 3 rings (SSSR count). The lowest BCUT2D eigenvalue weighted by molar-refractivity contribution is 0.150. The van der Waals surface area contributed by atoms with Crippen molar-refractivity contribution in [3.05, 3.63) is 47.0 Å². The van der Waals surface area contributed by atoms with Gasteiger partial charge in [-0.2, -0.15) is 0 Å². The molecule has 0 atom stereocenters. The van der Waals surface area contributed by atoms with Crippen LogP contribution in [0.1, 0.15) is 48.8 Å². The molecule has 0 nitrogen and oxygen atoms in total. The zero-order valence-electron chi connectivity index (χ0n) is 10.4. The molecular weight excluding hydrogens is 230 g/mol. The fourth-order valence-corrected chi connectivity index (χ4v) is 2.67. The predicted octanol–water partition coefficient (Wildman–Crippen LogP) is 5.22. The maximum absolute atomic E-state index is 13.2. The van der Waals surface area contributed by atoms with Gasteiger partial charge in [-0.05, 0) is 53.1 Å². The van der Waals surface area contributed by atoms with Crippen LogP contribution in [0.15, 0.2) is 30.3 Å². The Kier molecular flexibility index (Phi) is 2.81. The van der Waals surface area contributed by atoms with Gasteiger partial charge in [-0.15, -0.1) is 0 Å². The second kappa shape index (κ2) is 4.34. The largest absolute Gasteiger partial charge is 0.264 e. The fraction of sp³-hybridized carbons (Fsp3) is 0.375. The van der Waals surface area contributed by atoms with E-state index in [2.05, 4.69) is 6.92 Å². The van der Waals surface area contributed by atoms with Gasteiger partial charge < -0.3 is 0 Å². The average molecular weight is 246 g/mol. The number of rotatable bonds is 3. The van der Waals surface area contributed by atoms with Crippen LogP contribution in [0, 0.1) is 0 Å². The highest BCUT2D eigenvalue weighted by Crippen LogP contribution is 2.45. The number of hydrogen-bond donors (Lipinski definition) is 0. The summed E-state index contributed by atoms with van der Waals surface area (Å²) in [6.07, 6.45) is 0.620. The van der Waals surface area contributed by atoms with E-state index in [0.29, 0.717) is 5.92 Å². The first kappa shape index (κ1) is 11.6. The molecule has 18 heavy (non-hydrogen) atoms. The first-order valence-electron chi connectivity index (χ1n) is 6.54. The predicted molar refractivity (Wildman–Crippen MR) is 70.3 cm³/mol. The van der Waals surface area contributed by atoms with Crippen molar-refractivity contribution in [2.45, 2.75) is 38.5 Å². The minimum atomic E-state index is -2.37. The molecule has 0 aliphatic heterocycles. The number of hydrogen-bond acceptors (Lipinski definition) is 0. The van der Waals surface area contributed by atoms with Gasteiger partial charge in [0.05, 0.1) is 0 Å². The lowest BCUT2D eigenvalue weighted by atomic mass is 9.94. The molecule has 0 radical (unpaired) electrons. The molecule has 2 heteroatoms. The van der Waals surface area contributed by atoms with E-state index in [1.807, 2.05) is 24.3 Å². The molecule has 0 heterocycles. The third-order valence-corrected chi connectivity index (χ3v) is 3.81. The van der Waals surface area contributed by atoms with Crippen LogP contribution < -0.4 is 0 Å². The second-order valence-corrected chi connectivity index (χ2v) is 5.05. The van der Waals surface area contributed by atoms with Crippen molar-refractivity contribution in [3.63, 3.8) is 0 Å². The SMILES string of the molecule is CCc1cccc2cc(C3CC3)c(C(F)F)cc12. The van der Waals surface area contributed by atoms with Crippen LogP contribution in [0.4, 0.5) is 8.78 Å². The minimum absolute atomic E-state index is 0.242. The van der Waals surface area contributed by atoms with Crippen molar-refractivity contribution in [2.75, 3.05) is 0 Å². The van der Waals surface area contributed by atoms with E-state index in [4.69, 9.17) is 0 Å². The van der Waals surface area contributed by atoms with E-state index < -0.39 is 6.43 Å². The van der Waals surface area contributed by atoms with Gasteiger partial charge in [-0.1, -0.05) is 31.2 Å². The molecule has 0 saturated heterocycles. The van der Waals surface area contributed by atoms with E-state index in [-0.39, 0.29) is 5.56 Å². The number of halogens is 2. The van der Waals surface area contributed by atoms with Crippen molar-refractivity contribution in [3.8, 4) is 0 Å². The molecule has 0 N–H and O–H groups in total. The molecule has 1 aliphatic rings. The van der Waals surface area contributed by atoms with Gasteiger partial charge in [0.2, 0.25) is 0 Å². The first-order chi connectivity index (χ1) is 8.70. The zero-order valence-corrected chi connectivity index (χ0v) is 10.4. The molecule has 2 aromatic rings. The summed E-state index contributed by atoms with van der Waals surface area (Å²) in [6, 6.07) is 9.75. The average Bonchev–Trinajstić information content (AvgIpc) is 3.20. The second-order valence-electron chi connectivity index (χ2n) is 5.05. The first-order valence-corrected chi connectivity index (χ1v) is 6.54. The van der Waals surface area contributed by atoms with Gasteiger partial charge in [0, 0.05) is 5.56 Å². The Labute approximate surface area is 106 Å². The number of benzene rings is 2. The summed E-state index contributed by atoms with van der Waals surface area (Å²) in [5.74, 6) is 0.365. The molecule has 0 amide bonds. The quantitative estimate of drug-likeness (QED) is 0.696. The molecule has 1 saturated carbocycles. The normalized spacial score (nSPS) is 15.6. The van der Waals surface area contributed by atoms with Crippen molar-refractivity contribution >= 4 is 10.8 Å². The Balaban J connectivity index is 2.26. The highest BCUT2D eigenvalue weighted by atomic mass is 19.3. The van der Waals surface area contributed by atoms with Crippen LogP contribution in [-0.4, -0.2) is 0 Å². The van der Waals surface area contributed by atoms with Crippen LogP contribution in [0.5, 0.6) is 0 Å². The summed E-state index contributed by atoms with van der Waals surface area (Å²) >= 11 is 0. The monoisotopic (exact) mass is 246 g/mol. The van der Waals surface area contributed by atoms with E-state index in [1.165, 1.54) is 0 Å². The molecule has 94 valence electrons. The molecule has 0 bridgehead atoms. The molecule has 1 aliphatic carbocycles. The van der Waals surface area contributed by atoms with Crippen LogP contribution in [0.25, 0.3) is 10.8 Å². The van der Waals surface area contributed by atoms with Crippen molar-refractivity contribution in [2.24, 2.45) is 0 Å². The zero-order chi connectivity index (χ0) is 12.7. The summed E-state index contributed by atoms with van der Waals surface area (Å²) in [5.41, 5.74) is 2.26. The Morgan fingerprint density at radius 1 is 1.22 bits per heavy atom. The molecule has 0 spiro atoms. The number of fused-ring (bicyclic) bond motifs is 1. The topological polar surface area (TPSA) is 0 Å². The number of aryl methyl sites for hydroxylation is 1. The van der Waals surface area contributed by atoms with Crippen LogP contribution in [0.3, 0.4) is 0 Å². The molecule has 0 unspecified atom stereocenters. The summed E-state index contributed by atoms with van der Waals surface area (Å²) in [4.78, 5) is 0.